The molecule has 2 aromatic carbocycles. The highest BCUT2D eigenvalue weighted by Gasteiger charge is 2.12. The Morgan fingerprint density at radius 3 is 2.80 bits per heavy atom. The van der Waals surface area contributed by atoms with Crippen LogP contribution in [0.25, 0.3) is 32.0 Å². The monoisotopic (exact) mass is 281 g/mol. The van der Waals surface area contributed by atoms with E-state index in [9.17, 15) is 0 Å². The molecule has 0 amide bonds. The van der Waals surface area contributed by atoms with E-state index in [0.717, 1.165) is 17.2 Å². The third kappa shape index (κ3) is 1.48. The molecule has 0 radical (unpaired) electrons. The number of aromatic nitrogens is 2. The molecule has 0 fully saturated rings. The van der Waals surface area contributed by atoms with Crippen LogP contribution in [0.1, 0.15) is 6.92 Å². The van der Waals surface area contributed by atoms with E-state index in [2.05, 4.69) is 58.2 Å². The van der Waals surface area contributed by atoms with Crippen LogP contribution in [0, 0.1) is 0 Å². The van der Waals surface area contributed by atoms with Gasteiger partial charge < -0.3 is 9.88 Å². The van der Waals surface area contributed by atoms with Crippen LogP contribution in [0.4, 0.5) is 5.13 Å². The number of hydrogen-bond donors (Lipinski definition) is 1. The van der Waals surface area contributed by atoms with E-state index < -0.39 is 0 Å². The number of rotatable bonds is 2. The third-order valence-electron chi connectivity index (χ3n) is 3.81. The van der Waals surface area contributed by atoms with Crippen molar-refractivity contribution in [3.8, 4) is 0 Å². The van der Waals surface area contributed by atoms with Gasteiger partial charge in [-0.2, -0.15) is 0 Å². The molecule has 0 aliphatic heterocycles. The Kier molecular flexibility index (Phi) is 2.47. The second-order valence-corrected chi connectivity index (χ2v) is 5.90. The van der Waals surface area contributed by atoms with Gasteiger partial charge >= 0.3 is 0 Å². The predicted molar refractivity (Wildman–Crippen MR) is 87.8 cm³/mol. The molecular formula is C16H15N3S. The summed E-state index contributed by atoms with van der Waals surface area (Å²) in [5.74, 6) is 0. The van der Waals surface area contributed by atoms with Crippen molar-refractivity contribution in [1.29, 1.82) is 0 Å². The Balaban J connectivity index is 2.20. The number of anilines is 1. The first kappa shape index (κ1) is 11.7. The molecule has 0 saturated heterocycles. The lowest BCUT2D eigenvalue weighted by Gasteiger charge is -2.02. The SMILES string of the molecule is CCn1c2ccccc2c2cc3nc(NC)sc3cc21. The summed E-state index contributed by atoms with van der Waals surface area (Å²) in [4.78, 5) is 4.62. The van der Waals surface area contributed by atoms with Crippen LogP contribution in [-0.4, -0.2) is 16.6 Å². The van der Waals surface area contributed by atoms with Crippen LogP contribution in [-0.2, 0) is 6.54 Å². The quantitative estimate of drug-likeness (QED) is 0.587. The van der Waals surface area contributed by atoms with Crippen molar-refractivity contribution < 1.29 is 0 Å². The lowest BCUT2D eigenvalue weighted by Crippen LogP contribution is -1.92. The fourth-order valence-corrected chi connectivity index (χ4v) is 3.75. The van der Waals surface area contributed by atoms with Crippen LogP contribution in [0.5, 0.6) is 0 Å². The molecule has 2 aromatic heterocycles. The zero-order chi connectivity index (χ0) is 13.7. The summed E-state index contributed by atoms with van der Waals surface area (Å²) in [7, 11) is 1.92. The minimum Gasteiger partial charge on any atom is -0.365 e. The Bertz CT molecular complexity index is 933. The summed E-state index contributed by atoms with van der Waals surface area (Å²) in [6, 6.07) is 13.1. The molecule has 0 bridgehead atoms. The molecule has 0 aliphatic rings. The fraction of sp³-hybridized carbons (Fsp3) is 0.188. The van der Waals surface area contributed by atoms with Gasteiger partial charge in [0.1, 0.15) is 0 Å². The number of fused-ring (bicyclic) bond motifs is 4. The molecule has 4 heteroatoms. The van der Waals surface area contributed by atoms with Gasteiger partial charge in [-0.15, -0.1) is 0 Å². The van der Waals surface area contributed by atoms with Crippen LogP contribution < -0.4 is 5.32 Å². The zero-order valence-corrected chi connectivity index (χ0v) is 12.3. The highest BCUT2D eigenvalue weighted by Crippen LogP contribution is 2.35. The van der Waals surface area contributed by atoms with Crippen LogP contribution in [0.3, 0.4) is 0 Å². The first-order valence-corrected chi connectivity index (χ1v) is 7.62. The maximum absolute atomic E-state index is 4.62. The molecule has 0 spiro atoms. The maximum Gasteiger partial charge on any atom is 0.183 e. The van der Waals surface area contributed by atoms with Gasteiger partial charge in [0.2, 0.25) is 0 Å². The Labute approximate surface area is 120 Å². The van der Waals surface area contributed by atoms with Gasteiger partial charge in [0.15, 0.2) is 5.13 Å². The number of thiazole rings is 1. The summed E-state index contributed by atoms with van der Waals surface area (Å²) in [6.07, 6.45) is 0. The standard InChI is InChI=1S/C16H15N3S/c1-3-19-13-7-5-4-6-10(13)11-8-12-15(9-14(11)19)20-16(17-2)18-12/h4-9H,3H2,1-2H3,(H,17,18). The molecule has 1 N–H and O–H groups in total. The number of nitrogens with zero attached hydrogens (tertiary/aromatic N) is 2. The molecule has 0 saturated carbocycles. The number of aryl methyl sites for hydroxylation is 1. The van der Waals surface area contributed by atoms with E-state index >= 15 is 0 Å². The largest absolute Gasteiger partial charge is 0.365 e. The highest BCUT2D eigenvalue weighted by molar-refractivity contribution is 7.22. The molecule has 20 heavy (non-hydrogen) atoms. The Morgan fingerprint density at radius 2 is 2.00 bits per heavy atom. The van der Waals surface area contributed by atoms with E-state index in [1.54, 1.807) is 11.3 Å². The summed E-state index contributed by atoms with van der Waals surface area (Å²) in [5, 5.41) is 6.71. The zero-order valence-electron chi connectivity index (χ0n) is 11.5. The smallest absolute Gasteiger partial charge is 0.183 e. The molecule has 100 valence electrons. The second kappa shape index (κ2) is 4.21. The third-order valence-corrected chi connectivity index (χ3v) is 4.85. The first-order valence-electron chi connectivity index (χ1n) is 6.81. The molecule has 0 unspecified atom stereocenters. The van der Waals surface area contributed by atoms with Crippen LogP contribution in [0.15, 0.2) is 36.4 Å². The predicted octanol–water partition coefficient (Wildman–Crippen LogP) is 4.47. The van der Waals surface area contributed by atoms with Gasteiger partial charge in [-0.05, 0) is 25.1 Å². The topological polar surface area (TPSA) is 29.9 Å². The van der Waals surface area contributed by atoms with Crippen molar-refractivity contribution in [3.63, 3.8) is 0 Å². The van der Waals surface area contributed by atoms with Gasteiger partial charge in [-0.25, -0.2) is 4.98 Å². The van der Waals surface area contributed by atoms with Gasteiger partial charge in [0.25, 0.3) is 0 Å². The lowest BCUT2D eigenvalue weighted by molar-refractivity contribution is 0.827. The van der Waals surface area contributed by atoms with Gasteiger partial charge in [0.05, 0.1) is 15.7 Å². The van der Waals surface area contributed by atoms with Crippen molar-refractivity contribution in [1.82, 2.24) is 9.55 Å². The Hall–Kier alpha value is -2.07. The van der Waals surface area contributed by atoms with E-state index in [1.807, 2.05) is 7.05 Å². The van der Waals surface area contributed by atoms with Crippen molar-refractivity contribution >= 4 is 48.5 Å². The fourth-order valence-electron chi connectivity index (χ4n) is 2.92. The van der Waals surface area contributed by atoms with Crippen molar-refractivity contribution in [3.05, 3.63) is 36.4 Å². The second-order valence-electron chi connectivity index (χ2n) is 4.87. The van der Waals surface area contributed by atoms with Crippen molar-refractivity contribution in [2.24, 2.45) is 0 Å². The minimum absolute atomic E-state index is 0.972. The maximum atomic E-state index is 4.62. The van der Waals surface area contributed by atoms with E-state index in [0.29, 0.717) is 0 Å². The molecular weight excluding hydrogens is 266 g/mol. The number of benzene rings is 2. The van der Waals surface area contributed by atoms with E-state index in [-0.39, 0.29) is 0 Å². The average Bonchev–Trinajstić information content (AvgIpc) is 3.02. The van der Waals surface area contributed by atoms with E-state index in [4.69, 9.17) is 0 Å². The first-order chi connectivity index (χ1) is 9.81. The molecule has 0 atom stereocenters. The highest BCUT2D eigenvalue weighted by atomic mass is 32.1. The summed E-state index contributed by atoms with van der Waals surface area (Å²) in [5.41, 5.74) is 3.68. The van der Waals surface area contributed by atoms with Crippen molar-refractivity contribution in [2.45, 2.75) is 13.5 Å². The minimum atomic E-state index is 0.972. The van der Waals surface area contributed by atoms with E-state index in [1.165, 1.54) is 26.5 Å². The van der Waals surface area contributed by atoms with Gasteiger partial charge in [0, 0.05) is 29.9 Å². The number of para-hydroxylation sites is 1. The summed E-state index contributed by atoms with van der Waals surface area (Å²) < 4.78 is 3.61. The summed E-state index contributed by atoms with van der Waals surface area (Å²) >= 11 is 1.71. The number of nitrogens with one attached hydrogen (secondary N) is 1. The molecule has 0 aliphatic carbocycles. The summed E-state index contributed by atoms with van der Waals surface area (Å²) in [6.45, 7) is 3.18. The molecule has 3 nitrogen and oxygen atoms in total. The van der Waals surface area contributed by atoms with Crippen molar-refractivity contribution in [2.75, 3.05) is 12.4 Å². The number of hydrogen-bond acceptors (Lipinski definition) is 3. The van der Waals surface area contributed by atoms with Gasteiger partial charge in [-0.1, -0.05) is 29.5 Å². The normalized spacial score (nSPS) is 11.7. The lowest BCUT2D eigenvalue weighted by atomic mass is 10.1. The molecule has 2 heterocycles. The molecule has 4 aromatic rings. The van der Waals surface area contributed by atoms with Gasteiger partial charge in [-0.3, -0.25) is 0 Å². The Morgan fingerprint density at radius 1 is 1.15 bits per heavy atom. The van der Waals surface area contributed by atoms with Crippen LogP contribution in [0.2, 0.25) is 0 Å². The average molecular weight is 281 g/mol. The van der Waals surface area contributed by atoms with Crippen LogP contribution >= 0.6 is 11.3 Å². The molecule has 4 rings (SSSR count).